The molecule has 0 spiro atoms. The summed E-state index contributed by atoms with van der Waals surface area (Å²) in [6.45, 7) is 4.10. The Bertz CT molecular complexity index is 288. The second-order valence-electron chi connectivity index (χ2n) is 3.60. The van der Waals surface area contributed by atoms with Crippen LogP contribution in [0.1, 0.15) is 20.3 Å². The van der Waals surface area contributed by atoms with E-state index in [-0.39, 0.29) is 11.9 Å². The maximum Gasteiger partial charge on any atom is 0.124 e. The zero-order valence-electron chi connectivity index (χ0n) is 8.53. The first-order valence-corrected chi connectivity index (χ1v) is 5.63. The van der Waals surface area contributed by atoms with Crippen LogP contribution in [0.25, 0.3) is 0 Å². The van der Waals surface area contributed by atoms with Gasteiger partial charge in [-0.2, -0.15) is 0 Å². The van der Waals surface area contributed by atoms with Crippen molar-refractivity contribution >= 4 is 11.8 Å². The lowest BCUT2D eigenvalue weighted by Crippen LogP contribution is -2.19. The molecule has 0 amide bonds. The van der Waals surface area contributed by atoms with Crippen molar-refractivity contribution in [2.75, 3.05) is 0 Å². The van der Waals surface area contributed by atoms with E-state index >= 15 is 0 Å². The van der Waals surface area contributed by atoms with Crippen LogP contribution >= 0.6 is 11.8 Å². The fraction of sp³-hybridized carbons (Fsp3) is 0.455. The molecule has 78 valence electrons. The zero-order valence-corrected chi connectivity index (χ0v) is 9.35. The Kier molecular flexibility index (Phi) is 4.42. The van der Waals surface area contributed by atoms with Gasteiger partial charge in [0, 0.05) is 16.2 Å². The van der Waals surface area contributed by atoms with Crippen molar-refractivity contribution in [1.29, 1.82) is 0 Å². The van der Waals surface area contributed by atoms with E-state index in [0.29, 0.717) is 5.25 Å². The van der Waals surface area contributed by atoms with E-state index in [4.69, 9.17) is 5.73 Å². The molecule has 1 aromatic carbocycles. The highest BCUT2D eigenvalue weighted by Gasteiger charge is 2.07. The molecule has 1 nitrogen and oxygen atoms in total. The van der Waals surface area contributed by atoms with Crippen LogP contribution in [0.3, 0.4) is 0 Å². The highest BCUT2D eigenvalue weighted by Crippen LogP contribution is 2.25. The lowest BCUT2D eigenvalue weighted by Gasteiger charge is -2.13. The van der Waals surface area contributed by atoms with Gasteiger partial charge >= 0.3 is 0 Å². The minimum atomic E-state index is -0.178. The van der Waals surface area contributed by atoms with E-state index in [1.165, 1.54) is 6.07 Å². The van der Waals surface area contributed by atoms with Crippen LogP contribution < -0.4 is 5.73 Å². The Morgan fingerprint density at radius 1 is 1.43 bits per heavy atom. The Labute approximate surface area is 88.9 Å². The summed E-state index contributed by atoms with van der Waals surface area (Å²) in [4.78, 5) is 0.971. The van der Waals surface area contributed by atoms with E-state index in [1.807, 2.05) is 13.0 Å². The normalized spacial score (nSPS) is 15.1. The Morgan fingerprint density at radius 2 is 2.14 bits per heavy atom. The Hall–Kier alpha value is -0.540. The van der Waals surface area contributed by atoms with Gasteiger partial charge in [0.1, 0.15) is 5.82 Å². The molecule has 14 heavy (non-hydrogen) atoms. The zero-order chi connectivity index (χ0) is 10.6. The first kappa shape index (κ1) is 11.5. The van der Waals surface area contributed by atoms with Gasteiger partial charge in [0.25, 0.3) is 0 Å². The molecule has 2 N–H and O–H groups in total. The quantitative estimate of drug-likeness (QED) is 0.778. The average molecular weight is 213 g/mol. The third-order valence-electron chi connectivity index (χ3n) is 1.84. The number of halogens is 1. The molecule has 1 rings (SSSR count). The minimum Gasteiger partial charge on any atom is -0.328 e. The number of thioether (sulfide) groups is 1. The van der Waals surface area contributed by atoms with Crippen molar-refractivity contribution in [2.24, 2.45) is 5.73 Å². The topological polar surface area (TPSA) is 26.0 Å². The fourth-order valence-electron chi connectivity index (χ4n) is 1.34. The van der Waals surface area contributed by atoms with E-state index < -0.39 is 0 Å². The van der Waals surface area contributed by atoms with Crippen molar-refractivity contribution in [1.82, 2.24) is 0 Å². The predicted octanol–water partition coefficient (Wildman–Crippen LogP) is 3.04. The summed E-state index contributed by atoms with van der Waals surface area (Å²) in [5, 5.41) is 0.428. The van der Waals surface area contributed by atoms with E-state index in [2.05, 4.69) is 6.92 Å². The van der Waals surface area contributed by atoms with Crippen molar-refractivity contribution < 1.29 is 4.39 Å². The molecule has 0 saturated carbocycles. The number of hydrogen-bond acceptors (Lipinski definition) is 2. The summed E-state index contributed by atoms with van der Waals surface area (Å²) in [5.41, 5.74) is 5.69. The van der Waals surface area contributed by atoms with E-state index in [1.54, 1.807) is 23.9 Å². The van der Waals surface area contributed by atoms with Crippen LogP contribution in [-0.2, 0) is 0 Å². The molecule has 1 aromatic rings. The maximum absolute atomic E-state index is 12.8. The number of nitrogens with two attached hydrogens (primary N) is 1. The van der Waals surface area contributed by atoms with E-state index in [0.717, 1.165) is 11.3 Å². The molecule has 0 aliphatic carbocycles. The first-order valence-electron chi connectivity index (χ1n) is 4.75. The minimum absolute atomic E-state index is 0.178. The first-order chi connectivity index (χ1) is 6.58. The summed E-state index contributed by atoms with van der Waals surface area (Å²) in [6, 6.07) is 6.87. The molecule has 0 heterocycles. The molecule has 3 heteroatoms. The van der Waals surface area contributed by atoms with Gasteiger partial charge in [-0.15, -0.1) is 11.8 Å². The average Bonchev–Trinajstić information content (AvgIpc) is 2.01. The van der Waals surface area contributed by atoms with Gasteiger partial charge in [0.15, 0.2) is 0 Å². The number of benzene rings is 1. The second-order valence-corrected chi connectivity index (χ2v) is 5.11. The highest BCUT2D eigenvalue weighted by molar-refractivity contribution is 7.99. The molecule has 0 fully saturated rings. The molecular formula is C11H16FNS. The Morgan fingerprint density at radius 3 is 2.71 bits per heavy atom. The monoisotopic (exact) mass is 213 g/mol. The van der Waals surface area contributed by atoms with E-state index in [9.17, 15) is 4.39 Å². The van der Waals surface area contributed by atoms with Gasteiger partial charge < -0.3 is 5.73 Å². The molecule has 0 aromatic heterocycles. The summed E-state index contributed by atoms with van der Waals surface area (Å²) in [5.74, 6) is -0.178. The third-order valence-corrected chi connectivity index (χ3v) is 2.96. The van der Waals surface area contributed by atoms with Crippen LogP contribution in [0.5, 0.6) is 0 Å². The highest BCUT2D eigenvalue weighted by atomic mass is 32.2. The predicted molar refractivity (Wildman–Crippen MR) is 60.0 cm³/mol. The molecule has 0 aliphatic heterocycles. The van der Waals surface area contributed by atoms with Gasteiger partial charge in [-0.3, -0.25) is 0 Å². The summed E-state index contributed by atoms with van der Waals surface area (Å²) in [7, 11) is 0. The molecule has 0 bridgehead atoms. The second kappa shape index (κ2) is 5.37. The number of hydrogen-bond donors (Lipinski definition) is 1. The van der Waals surface area contributed by atoms with Gasteiger partial charge in [-0.25, -0.2) is 4.39 Å². The SMILES string of the molecule is CC(N)CC(C)Sc1cccc(F)c1. The van der Waals surface area contributed by atoms with Gasteiger partial charge in [0.2, 0.25) is 0 Å². The van der Waals surface area contributed by atoms with Crippen molar-refractivity contribution in [3.8, 4) is 0 Å². The lowest BCUT2D eigenvalue weighted by molar-refractivity contribution is 0.624. The maximum atomic E-state index is 12.8. The van der Waals surface area contributed by atoms with Crippen LogP contribution in [0.4, 0.5) is 4.39 Å². The summed E-state index contributed by atoms with van der Waals surface area (Å²) < 4.78 is 12.8. The van der Waals surface area contributed by atoms with Crippen LogP contribution in [0, 0.1) is 5.82 Å². The van der Waals surface area contributed by atoms with Gasteiger partial charge in [-0.1, -0.05) is 13.0 Å². The summed E-state index contributed by atoms with van der Waals surface area (Å²) >= 11 is 1.67. The smallest absolute Gasteiger partial charge is 0.124 e. The number of rotatable bonds is 4. The third kappa shape index (κ3) is 4.11. The van der Waals surface area contributed by atoms with Crippen molar-refractivity contribution in [3.63, 3.8) is 0 Å². The van der Waals surface area contributed by atoms with Crippen LogP contribution in [0.2, 0.25) is 0 Å². The van der Waals surface area contributed by atoms with Crippen molar-refractivity contribution in [2.45, 2.75) is 36.5 Å². The van der Waals surface area contributed by atoms with Gasteiger partial charge in [0.05, 0.1) is 0 Å². The molecular weight excluding hydrogens is 197 g/mol. The van der Waals surface area contributed by atoms with Crippen molar-refractivity contribution in [3.05, 3.63) is 30.1 Å². The summed E-state index contributed by atoms with van der Waals surface area (Å²) in [6.07, 6.45) is 0.946. The van der Waals surface area contributed by atoms with Crippen LogP contribution in [0.15, 0.2) is 29.2 Å². The fourth-order valence-corrected chi connectivity index (χ4v) is 2.55. The van der Waals surface area contributed by atoms with Crippen LogP contribution in [-0.4, -0.2) is 11.3 Å². The Balaban J connectivity index is 2.51. The molecule has 0 radical (unpaired) electrons. The standard InChI is InChI=1S/C11H16FNS/c1-8(13)6-9(2)14-11-5-3-4-10(12)7-11/h3-5,7-9H,6,13H2,1-2H3. The largest absolute Gasteiger partial charge is 0.328 e. The molecule has 2 unspecified atom stereocenters. The van der Waals surface area contributed by atoms with Gasteiger partial charge in [-0.05, 0) is 31.5 Å². The molecule has 0 saturated heterocycles. The molecule has 0 aliphatic rings. The lowest BCUT2D eigenvalue weighted by atomic mass is 10.2. The molecule has 2 atom stereocenters.